The summed E-state index contributed by atoms with van der Waals surface area (Å²) < 4.78 is 77.2. The molecule has 10 heteroatoms. The van der Waals surface area contributed by atoms with Gasteiger partial charge in [-0.05, 0) is 35.7 Å². The Morgan fingerprint density at radius 2 is 2.00 bits per heavy atom. The van der Waals surface area contributed by atoms with Crippen molar-refractivity contribution in [3.05, 3.63) is 69.6 Å². The minimum Gasteiger partial charge on any atom is -0.346 e. The monoisotopic (exact) mass is 467 g/mol. The van der Waals surface area contributed by atoms with E-state index in [-0.39, 0.29) is 36.1 Å². The molecule has 1 fully saturated rings. The molecule has 0 spiro atoms. The lowest BCUT2D eigenvalue weighted by atomic mass is 10.0. The van der Waals surface area contributed by atoms with Gasteiger partial charge in [0.05, 0.1) is 8.22 Å². The van der Waals surface area contributed by atoms with Crippen LogP contribution in [0.1, 0.15) is 48.1 Å². The maximum absolute atomic E-state index is 15.1. The molecule has 32 heavy (non-hydrogen) atoms. The molecule has 4 rings (SSSR count). The number of amides is 4. The minimum atomic E-state index is -4.67. The average molecular weight is 468 g/mol. The van der Waals surface area contributed by atoms with Gasteiger partial charge in [0.15, 0.2) is 0 Å². The van der Waals surface area contributed by atoms with Crippen molar-refractivity contribution in [2.75, 3.05) is 0 Å². The fourth-order valence-corrected chi connectivity index (χ4v) is 3.52. The van der Waals surface area contributed by atoms with E-state index in [0.717, 1.165) is 6.07 Å². The maximum atomic E-state index is 15.1. The van der Waals surface area contributed by atoms with Crippen molar-refractivity contribution < 1.29 is 36.2 Å². The summed E-state index contributed by atoms with van der Waals surface area (Å²) in [5.74, 6) is -8.56. The summed E-state index contributed by atoms with van der Waals surface area (Å²) in [6.07, 6.45) is 0.131. The number of halogens is 3. The molecule has 1 atom stereocenters. The van der Waals surface area contributed by atoms with E-state index in [1.807, 2.05) is 0 Å². The van der Waals surface area contributed by atoms with E-state index in [1.54, 1.807) is 0 Å². The van der Waals surface area contributed by atoms with E-state index in [1.165, 1.54) is 22.3 Å². The van der Waals surface area contributed by atoms with Crippen molar-refractivity contribution in [3.63, 3.8) is 0 Å². The quantitative estimate of drug-likeness (QED) is 0.660. The highest BCUT2D eigenvalue weighted by molar-refractivity contribution is 6.30. The number of hydrogen-bond donors (Lipinski definition) is 2. The fraction of sp³-hybridized carbons (Fsp3) is 0.273. The zero-order chi connectivity index (χ0) is 28.3. The molecule has 2 aliphatic heterocycles. The van der Waals surface area contributed by atoms with Crippen LogP contribution >= 0.6 is 11.6 Å². The summed E-state index contributed by atoms with van der Waals surface area (Å²) in [6.45, 7) is -3.05. The third kappa shape index (κ3) is 4.08. The third-order valence-corrected chi connectivity index (χ3v) is 5.23. The summed E-state index contributed by atoms with van der Waals surface area (Å²) in [7, 11) is 0. The van der Waals surface area contributed by atoms with Crippen LogP contribution in [0.3, 0.4) is 0 Å². The molecule has 0 aliphatic carbocycles. The minimum absolute atomic E-state index is 0.0295. The van der Waals surface area contributed by atoms with Gasteiger partial charge in [-0.2, -0.15) is 8.78 Å². The molecule has 0 aromatic heterocycles. The van der Waals surface area contributed by atoms with Gasteiger partial charge in [-0.25, -0.2) is 0 Å². The first-order chi connectivity index (χ1) is 17.6. The second kappa shape index (κ2) is 8.31. The molecule has 0 saturated carbocycles. The number of nitrogens with zero attached hydrogens (tertiary/aromatic N) is 1. The summed E-state index contributed by atoms with van der Waals surface area (Å²) in [6, 6.07) is -1.89. The third-order valence-electron chi connectivity index (χ3n) is 5.04. The molecule has 1 saturated heterocycles. The van der Waals surface area contributed by atoms with Crippen molar-refractivity contribution in [1.82, 2.24) is 15.5 Å². The Morgan fingerprint density at radius 3 is 2.69 bits per heavy atom. The zero-order valence-electron chi connectivity index (χ0n) is 22.1. The van der Waals surface area contributed by atoms with E-state index in [0.29, 0.717) is 0 Å². The molecular formula is C22H18ClF2N3O4. The van der Waals surface area contributed by atoms with E-state index in [2.05, 4.69) is 5.32 Å². The highest BCUT2D eigenvalue weighted by Gasteiger charge is 2.41. The van der Waals surface area contributed by atoms with Crippen molar-refractivity contribution in [2.24, 2.45) is 0 Å². The highest BCUT2D eigenvalue weighted by Crippen LogP contribution is 2.30. The first-order valence-corrected chi connectivity index (χ1v) is 9.70. The number of carbonyl (C=O) groups is 4. The second-order valence-corrected chi connectivity index (χ2v) is 7.49. The molecule has 2 heterocycles. The van der Waals surface area contributed by atoms with E-state index >= 15 is 8.78 Å². The molecule has 2 N–H and O–H groups in total. The maximum Gasteiger partial charge on any atom is 0.349 e. The molecular weight excluding hydrogens is 444 g/mol. The van der Waals surface area contributed by atoms with E-state index < -0.39 is 76.8 Å². The summed E-state index contributed by atoms with van der Waals surface area (Å²) in [5.41, 5.74) is -1.48. The van der Waals surface area contributed by atoms with Gasteiger partial charge in [0.2, 0.25) is 11.8 Å². The van der Waals surface area contributed by atoms with Crippen molar-refractivity contribution in [2.45, 2.75) is 37.8 Å². The van der Waals surface area contributed by atoms with Crippen molar-refractivity contribution in [1.29, 1.82) is 0 Å². The van der Waals surface area contributed by atoms with Crippen molar-refractivity contribution >= 4 is 35.2 Å². The standard InChI is InChI=1S/C22H18ClF2N3O4/c23-15-4-2-14(3-5-15)22(24,25)21(32)26-10-12-1-6-16-13(9-12)11-28(20(16)31)17-7-8-18(29)27-19(17)30/h1-6,9,17H,7-8,10-11H2,(H,26,32)(H,27,29,30)/i2D,3D,4D,5D,10D2. The average Bonchev–Trinajstić information content (AvgIpc) is 3.16. The van der Waals surface area contributed by atoms with Gasteiger partial charge in [0, 0.05) is 35.6 Å². The molecule has 2 aromatic carbocycles. The Bertz CT molecular complexity index is 1390. The SMILES string of the molecule is [2H]c1c([2H])c(C(F)(F)C(=O)NC([2H])([2H])c2ccc3c(c2)CN(C2CCC(=O)NC2=O)C3=O)c([2H])c([2H])c1Cl. The number of benzene rings is 2. The van der Waals surface area contributed by atoms with Crippen LogP contribution in [-0.2, 0) is 33.3 Å². The Morgan fingerprint density at radius 1 is 1.28 bits per heavy atom. The topological polar surface area (TPSA) is 95.6 Å². The van der Waals surface area contributed by atoms with Crippen LogP contribution in [0, 0.1) is 0 Å². The van der Waals surface area contributed by atoms with Crippen molar-refractivity contribution in [3.8, 4) is 0 Å². The fourth-order valence-electron chi connectivity index (χ4n) is 3.43. The zero-order valence-corrected chi connectivity index (χ0v) is 16.9. The number of nitrogens with one attached hydrogen (secondary N) is 2. The van der Waals surface area contributed by atoms with E-state index in [9.17, 15) is 19.2 Å². The Kier molecular flexibility index (Phi) is 4.02. The van der Waals surface area contributed by atoms with Crippen LogP contribution in [0.25, 0.3) is 0 Å². The van der Waals surface area contributed by atoms with Crippen LogP contribution in [0.4, 0.5) is 8.78 Å². The molecule has 7 nitrogen and oxygen atoms in total. The molecule has 4 amide bonds. The number of carbonyl (C=O) groups excluding carboxylic acids is 4. The van der Waals surface area contributed by atoms with Crippen LogP contribution in [0.15, 0.2) is 42.4 Å². The molecule has 2 aromatic rings. The molecule has 0 radical (unpaired) electrons. The number of piperidine rings is 1. The lowest BCUT2D eigenvalue weighted by molar-refractivity contribution is -0.147. The number of rotatable bonds is 5. The predicted molar refractivity (Wildman–Crippen MR) is 110 cm³/mol. The first kappa shape index (κ1) is 15.5. The smallest absolute Gasteiger partial charge is 0.346 e. The largest absolute Gasteiger partial charge is 0.349 e. The number of alkyl halides is 2. The van der Waals surface area contributed by atoms with E-state index in [4.69, 9.17) is 19.8 Å². The summed E-state index contributed by atoms with van der Waals surface area (Å²) in [5, 5.41) is 2.97. The normalized spacial score (nSPS) is 21.5. The van der Waals surface area contributed by atoms with Crippen LogP contribution in [0.2, 0.25) is 5.02 Å². The molecule has 2 aliphatic rings. The number of hydrogen-bond acceptors (Lipinski definition) is 4. The Balaban J connectivity index is 1.59. The van der Waals surface area contributed by atoms with Gasteiger partial charge in [0.1, 0.15) is 6.04 Å². The molecule has 166 valence electrons. The summed E-state index contributed by atoms with van der Waals surface area (Å²) in [4.78, 5) is 50.1. The van der Waals surface area contributed by atoms with Crippen LogP contribution in [0.5, 0.6) is 0 Å². The van der Waals surface area contributed by atoms with Gasteiger partial charge in [-0.15, -0.1) is 0 Å². The Labute approximate surface area is 195 Å². The summed E-state index contributed by atoms with van der Waals surface area (Å²) >= 11 is 5.62. The molecule has 1 unspecified atom stereocenters. The predicted octanol–water partition coefficient (Wildman–Crippen LogP) is 2.51. The number of fused-ring (bicyclic) bond motifs is 1. The second-order valence-electron chi connectivity index (χ2n) is 7.11. The Hall–Kier alpha value is -3.33. The number of imide groups is 1. The molecule has 0 bridgehead atoms. The van der Waals surface area contributed by atoms with Gasteiger partial charge in [-0.1, -0.05) is 35.8 Å². The van der Waals surface area contributed by atoms with Gasteiger partial charge >= 0.3 is 5.92 Å². The van der Waals surface area contributed by atoms with Gasteiger partial charge in [0.25, 0.3) is 11.8 Å². The van der Waals surface area contributed by atoms with Gasteiger partial charge in [-0.3, -0.25) is 24.5 Å². The first-order valence-electron chi connectivity index (χ1n) is 12.3. The van der Waals surface area contributed by atoms with Gasteiger partial charge < -0.3 is 10.2 Å². The highest BCUT2D eigenvalue weighted by atomic mass is 35.5. The lowest BCUT2D eigenvalue weighted by Crippen LogP contribution is -2.52. The van der Waals surface area contributed by atoms with Crippen LogP contribution in [-0.4, -0.2) is 34.6 Å². The van der Waals surface area contributed by atoms with Crippen LogP contribution < -0.4 is 10.6 Å². The lowest BCUT2D eigenvalue weighted by Gasteiger charge is -2.29.